The molecule has 0 radical (unpaired) electrons. The lowest BCUT2D eigenvalue weighted by molar-refractivity contribution is 0.378. The Morgan fingerprint density at radius 2 is 1.95 bits per heavy atom. The summed E-state index contributed by atoms with van der Waals surface area (Å²) in [6.07, 6.45) is 0.949. The fourth-order valence-corrected chi connectivity index (χ4v) is 2.51. The third-order valence-electron chi connectivity index (χ3n) is 3.73. The fraction of sp³-hybridized carbons (Fsp3) is 0.471. The summed E-state index contributed by atoms with van der Waals surface area (Å²) in [4.78, 5) is 6.92. The Morgan fingerprint density at radius 3 is 2.55 bits per heavy atom. The van der Waals surface area contributed by atoms with Crippen LogP contribution in [0.25, 0.3) is 10.9 Å². The number of nitrogens with two attached hydrogens (primary N) is 1. The molecule has 108 valence electrons. The van der Waals surface area contributed by atoms with E-state index in [0.717, 1.165) is 17.6 Å². The molecule has 3 nitrogen and oxygen atoms in total. The van der Waals surface area contributed by atoms with Gasteiger partial charge in [0.15, 0.2) is 0 Å². The number of nitrogens with zero attached hydrogens (tertiary/aromatic N) is 2. The molecular formula is C17H25N3. The zero-order valence-corrected chi connectivity index (χ0v) is 13.2. The van der Waals surface area contributed by atoms with Gasteiger partial charge in [0.2, 0.25) is 0 Å². The molecule has 0 aliphatic heterocycles. The molecule has 0 fully saturated rings. The Kier molecular flexibility index (Phi) is 4.00. The molecule has 1 heterocycles. The smallest absolute Gasteiger partial charge is 0.0758 e. The highest BCUT2D eigenvalue weighted by atomic mass is 15.1. The van der Waals surface area contributed by atoms with Gasteiger partial charge in [0.25, 0.3) is 0 Å². The van der Waals surface area contributed by atoms with Gasteiger partial charge in [-0.3, -0.25) is 4.98 Å². The molecule has 3 heteroatoms. The molecule has 1 aromatic heterocycles. The number of aryl methyl sites for hydroxylation is 1. The van der Waals surface area contributed by atoms with Crippen molar-refractivity contribution in [1.29, 1.82) is 0 Å². The van der Waals surface area contributed by atoms with Gasteiger partial charge in [-0.15, -0.1) is 0 Å². The first-order valence-electron chi connectivity index (χ1n) is 7.11. The van der Waals surface area contributed by atoms with E-state index in [9.17, 15) is 0 Å². The Balaban J connectivity index is 2.63. The first-order chi connectivity index (χ1) is 9.34. The average Bonchev–Trinajstić information content (AvgIpc) is 2.38. The van der Waals surface area contributed by atoms with Gasteiger partial charge >= 0.3 is 0 Å². The number of pyridine rings is 1. The van der Waals surface area contributed by atoms with Gasteiger partial charge in [-0.25, -0.2) is 0 Å². The van der Waals surface area contributed by atoms with E-state index in [1.165, 1.54) is 16.6 Å². The van der Waals surface area contributed by atoms with Crippen LogP contribution in [0.1, 0.15) is 25.1 Å². The molecule has 0 atom stereocenters. The minimum absolute atomic E-state index is 0.0952. The van der Waals surface area contributed by atoms with Crippen LogP contribution in [0.15, 0.2) is 24.3 Å². The number of fused-ring (bicyclic) bond motifs is 1. The molecule has 0 spiro atoms. The largest absolute Gasteiger partial charge is 0.377 e. The second kappa shape index (κ2) is 5.41. The predicted molar refractivity (Wildman–Crippen MR) is 87.3 cm³/mol. The second-order valence-electron chi connectivity index (χ2n) is 6.54. The van der Waals surface area contributed by atoms with Crippen molar-refractivity contribution in [2.75, 3.05) is 25.5 Å². The predicted octanol–water partition coefficient (Wildman–Crippen LogP) is 3.14. The van der Waals surface area contributed by atoms with Crippen molar-refractivity contribution >= 4 is 16.6 Å². The van der Waals surface area contributed by atoms with Crippen LogP contribution < -0.4 is 10.6 Å². The maximum absolute atomic E-state index is 5.88. The summed E-state index contributed by atoms with van der Waals surface area (Å²) < 4.78 is 0. The lowest BCUT2D eigenvalue weighted by Crippen LogP contribution is -2.26. The molecule has 20 heavy (non-hydrogen) atoms. The highest BCUT2D eigenvalue weighted by Gasteiger charge is 2.19. The maximum atomic E-state index is 5.88. The molecule has 2 N–H and O–H groups in total. The minimum atomic E-state index is 0.0952. The summed E-state index contributed by atoms with van der Waals surface area (Å²) in [5.41, 5.74) is 10.6. The SMILES string of the molecule is Cc1cc(N(C)C)c2cccc(CC(C)(C)CN)c2n1. The lowest BCUT2D eigenvalue weighted by atomic mass is 9.85. The molecule has 0 saturated carbocycles. The zero-order valence-electron chi connectivity index (χ0n) is 13.2. The van der Waals surface area contributed by atoms with Crippen molar-refractivity contribution in [1.82, 2.24) is 4.98 Å². The van der Waals surface area contributed by atoms with Crippen molar-refractivity contribution in [2.24, 2.45) is 11.1 Å². The normalized spacial score (nSPS) is 11.9. The van der Waals surface area contributed by atoms with Crippen LogP contribution in [-0.4, -0.2) is 25.6 Å². The Hall–Kier alpha value is -1.61. The Morgan fingerprint density at radius 1 is 1.25 bits per heavy atom. The van der Waals surface area contributed by atoms with Gasteiger partial charge in [-0.2, -0.15) is 0 Å². The summed E-state index contributed by atoms with van der Waals surface area (Å²) in [6, 6.07) is 8.58. The van der Waals surface area contributed by atoms with Crippen molar-refractivity contribution in [3.63, 3.8) is 0 Å². The maximum Gasteiger partial charge on any atom is 0.0758 e. The molecule has 2 rings (SSSR count). The van der Waals surface area contributed by atoms with Crippen molar-refractivity contribution in [3.05, 3.63) is 35.5 Å². The zero-order chi connectivity index (χ0) is 14.9. The van der Waals surface area contributed by atoms with E-state index in [0.29, 0.717) is 6.54 Å². The number of benzene rings is 1. The molecule has 2 aromatic rings. The van der Waals surface area contributed by atoms with Crippen molar-refractivity contribution in [2.45, 2.75) is 27.2 Å². The Labute approximate surface area is 121 Å². The van der Waals surface area contributed by atoms with Crippen LogP contribution >= 0.6 is 0 Å². The molecule has 1 aromatic carbocycles. The first kappa shape index (κ1) is 14.8. The van der Waals surface area contributed by atoms with Crippen LogP contribution in [0.4, 0.5) is 5.69 Å². The van der Waals surface area contributed by atoms with E-state index in [1.807, 2.05) is 0 Å². The number of para-hydroxylation sites is 1. The average molecular weight is 271 g/mol. The quantitative estimate of drug-likeness (QED) is 0.929. The van der Waals surface area contributed by atoms with Gasteiger partial charge in [-0.1, -0.05) is 32.0 Å². The van der Waals surface area contributed by atoms with Crippen molar-refractivity contribution in [3.8, 4) is 0 Å². The number of aromatic nitrogens is 1. The van der Waals surface area contributed by atoms with Gasteiger partial charge < -0.3 is 10.6 Å². The molecule has 0 aliphatic rings. The van der Waals surface area contributed by atoms with Crippen LogP contribution in [0.5, 0.6) is 0 Å². The third-order valence-corrected chi connectivity index (χ3v) is 3.73. The van der Waals surface area contributed by atoms with Crippen molar-refractivity contribution < 1.29 is 0 Å². The van der Waals surface area contributed by atoms with Crippen LogP contribution in [0, 0.1) is 12.3 Å². The van der Waals surface area contributed by atoms with Crippen LogP contribution in [-0.2, 0) is 6.42 Å². The second-order valence-corrected chi connectivity index (χ2v) is 6.54. The van der Waals surface area contributed by atoms with E-state index in [-0.39, 0.29) is 5.41 Å². The number of hydrogen-bond donors (Lipinski definition) is 1. The van der Waals surface area contributed by atoms with Crippen LogP contribution in [0.2, 0.25) is 0 Å². The van der Waals surface area contributed by atoms with E-state index in [2.05, 4.69) is 64.0 Å². The Bertz CT molecular complexity index is 615. The number of hydrogen-bond acceptors (Lipinski definition) is 3. The van der Waals surface area contributed by atoms with E-state index >= 15 is 0 Å². The monoisotopic (exact) mass is 271 g/mol. The van der Waals surface area contributed by atoms with Gasteiger partial charge in [0.1, 0.15) is 0 Å². The topological polar surface area (TPSA) is 42.1 Å². The van der Waals surface area contributed by atoms with Gasteiger partial charge in [-0.05, 0) is 36.9 Å². The molecule has 0 aliphatic carbocycles. The first-order valence-corrected chi connectivity index (χ1v) is 7.11. The summed E-state index contributed by atoms with van der Waals surface area (Å²) in [6.45, 7) is 7.13. The molecular weight excluding hydrogens is 246 g/mol. The number of rotatable bonds is 4. The molecule has 0 unspecified atom stereocenters. The summed E-state index contributed by atoms with van der Waals surface area (Å²) >= 11 is 0. The minimum Gasteiger partial charge on any atom is -0.377 e. The summed E-state index contributed by atoms with van der Waals surface area (Å²) in [5.74, 6) is 0. The van der Waals surface area contributed by atoms with E-state index in [4.69, 9.17) is 10.7 Å². The van der Waals surface area contributed by atoms with E-state index in [1.54, 1.807) is 0 Å². The van der Waals surface area contributed by atoms with Gasteiger partial charge in [0.05, 0.1) is 5.52 Å². The third kappa shape index (κ3) is 2.93. The summed E-state index contributed by atoms with van der Waals surface area (Å²) in [5, 5.41) is 1.21. The number of anilines is 1. The van der Waals surface area contributed by atoms with Gasteiger partial charge in [0, 0.05) is 30.9 Å². The highest BCUT2D eigenvalue weighted by Crippen LogP contribution is 2.30. The fourth-order valence-electron chi connectivity index (χ4n) is 2.51. The molecule has 0 saturated heterocycles. The highest BCUT2D eigenvalue weighted by molar-refractivity contribution is 5.93. The lowest BCUT2D eigenvalue weighted by Gasteiger charge is -2.24. The standard InChI is InChI=1S/C17H25N3/c1-12-9-15(20(4)5)14-8-6-7-13(16(14)19-12)10-17(2,3)11-18/h6-9H,10-11,18H2,1-5H3. The molecule has 0 bridgehead atoms. The summed E-state index contributed by atoms with van der Waals surface area (Å²) in [7, 11) is 4.15. The van der Waals surface area contributed by atoms with E-state index < -0.39 is 0 Å². The van der Waals surface area contributed by atoms with Crippen LogP contribution in [0.3, 0.4) is 0 Å². The molecule has 0 amide bonds.